The minimum atomic E-state index is -0.489. The maximum atomic E-state index is 12.0. The van der Waals surface area contributed by atoms with E-state index < -0.39 is 6.04 Å². The fourth-order valence-corrected chi connectivity index (χ4v) is 2.11. The van der Waals surface area contributed by atoms with Gasteiger partial charge in [0.25, 0.3) is 5.91 Å². The molecule has 1 aromatic rings. The molecule has 19 heavy (non-hydrogen) atoms. The second-order valence-electron chi connectivity index (χ2n) is 4.56. The van der Waals surface area contributed by atoms with Gasteiger partial charge in [-0.05, 0) is 20.3 Å². The van der Waals surface area contributed by atoms with Crippen LogP contribution >= 0.6 is 11.6 Å². The van der Waals surface area contributed by atoms with Crippen molar-refractivity contribution in [2.75, 3.05) is 12.4 Å². The van der Waals surface area contributed by atoms with Gasteiger partial charge in [0.1, 0.15) is 6.04 Å². The van der Waals surface area contributed by atoms with Gasteiger partial charge in [0.2, 0.25) is 5.91 Å². The summed E-state index contributed by atoms with van der Waals surface area (Å²) in [6, 6.07) is -0.489. The molecule has 1 aromatic heterocycles. The predicted octanol–water partition coefficient (Wildman–Crippen LogP) is 1.31. The summed E-state index contributed by atoms with van der Waals surface area (Å²) in [5.41, 5.74) is 1.50. The number of nitrogens with zero attached hydrogens (tertiary/aromatic N) is 3. The van der Waals surface area contributed by atoms with Crippen LogP contribution in [0.4, 0.5) is 5.82 Å². The Bertz CT molecular complexity index is 547. The Hall–Kier alpha value is -1.69. The number of hydrogen-bond donors (Lipinski definition) is 1. The topological polar surface area (TPSA) is 75.2 Å². The average Bonchev–Trinajstić information content (AvgIpc) is 2.36. The van der Waals surface area contributed by atoms with Crippen molar-refractivity contribution in [3.63, 3.8) is 0 Å². The minimum absolute atomic E-state index is 0.166. The van der Waals surface area contributed by atoms with Crippen LogP contribution in [-0.4, -0.2) is 39.8 Å². The van der Waals surface area contributed by atoms with Crippen LogP contribution in [0.3, 0.4) is 0 Å². The van der Waals surface area contributed by atoms with E-state index in [4.69, 9.17) is 11.6 Å². The molecule has 0 bridgehead atoms. The van der Waals surface area contributed by atoms with E-state index in [1.165, 1.54) is 7.05 Å². The van der Waals surface area contributed by atoms with Crippen molar-refractivity contribution < 1.29 is 9.59 Å². The standard InChI is InChI=1S/C12H15ClN4O2/c1-6-7(2)15-11(10(13)14-6)16-8-4-5-9(18)17(3)12(8)19/h8H,4-5H2,1-3H3,(H,15,16). The number of likely N-dealkylation sites (N-methyl/N-ethyl adjacent to an activating group) is 1. The summed E-state index contributed by atoms with van der Waals surface area (Å²) < 4.78 is 0. The van der Waals surface area contributed by atoms with Crippen LogP contribution in [-0.2, 0) is 9.59 Å². The smallest absolute Gasteiger partial charge is 0.251 e. The van der Waals surface area contributed by atoms with E-state index in [1.807, 2.05) is 13.8 Å². The van der Waals surface area contributed by atoms with Crippen LogP contribution in [0.15, 0.2) is 0 Å². The summed E-state index contributed by atoms with van der Waals surface area (Å²) in [4.78, 5) is 32.9. The number of nitrogens with one attached hydrogen (secondary N) is 1. The largest absolute Gasteiger partial charge is 0.356 e. The zero-order valence-corrected chi connectivity index (χ0v) is 11.8. The van der Waals surface area contributed by atoms with Gasteiger partial charge < -0.3 is 5.32 Å². The van der Waals surface area contributed by atoms with Crippen molar-refractivity contribution in [1.82, 2.24) is 14.9 Å². The van der Waals surface area contributed by atoms with Crippen LogP contribution in [0, 0.1) is 13.8 Å². The molecule has 1 aliphatic rings. The van der Waals surface area contributed by atoms with Gasteiger partial charge in [-0.3, -0.25) is 14.5 Å². The number of piperidine rings is 1. The molecule has 1 N–H and O–H groups in total. The lowest BCUT2D eigenvalue weighted by Crippen LogP contribution is -2.48. The highest BCUT2D eigenvalue weighted by molar-refractivity contribution is 6.31. The molecule has 2 heterocycles. The number of imide groups is 1. The quantitative estimate of drug-likeness (QED) is 0.828. The van der Waals surface area contributed by atoms with Gasteiger partial charge in [0.15, 0.2) is 11.0 Å². The highest BCUT2D eigenvalue weighted by Crippen LogP contribution is 2.22. The molecular weight excluding hydrogens is 268 g/mol. The Morgan fingerprint density at radius 3 is 2.58 bits per heavy atom. The van der Waals surface area contributed by atoms with E-state index in [0.717, 1.165) is 16.3 Å². The zero-order valence-electron chi connectivity index (χ0n) is 11.0. The van der Waals surface area contributed by atoms with E-state index in [9.17, 15) is 9.59 Å². The molecule has 1 saturated heterocycles. The fourth-order valence-electron chi connectivity index (χ4n) is 1.88. The molecule has 0 aliphatic carbocycles. The Morgan fingerprint density at radius 2 is 1.89 bits per heavy atom. The number of aryl methyl sites for hydroxylation is 2. The number of likely N-dealkylation sites (tertiary alicyclic amines) is 1. The van der Waals surface area contributed by atoms with Crippen molar-refractivity contribution >= 4 is 29.2 Å². The fraction of sp³-hybridized carbons (Fsp3) is 0.500. The van der Waals surface area contributed by atoms with Gasteiger partial charge in [-0.15, -0.1) is 0 Å². The Kier molecular flexibility index (Phi) is 3.71. The first kappa shape index (κ1) is 13.7. The molecule has 0 aromatic carbocycles. The second-order valence-corrected chi connectivity index (χ2v) is 4.92. The maximum Gasteiger partial charge on any atom is 0.251 e. The molecule has 2 rings (SSSR count). The number of rotatable bonds is 2. The van der Waals surface area contributed by atoms with Crippen molar-refractivity contribution in [1.29, 1.82) is 0 Å². The molecule has 0 radical (unpaired) electrons. The molecule has 0 saturated carbocycles. The van der Waals surface area contributed by atoms with Crippen molar-refractivity contribution in [3.8, 4) is 0 Å². The van der Waals surface area contributed by atoms with Gasteiger partial charge in [0, 0.05) is 13.5 Å². The molecule has 1 unspecified atom stereocenters. The number of carbonyl (C=O) groups excluding carboxylic acids is 2. The molecule has 1 aliphatic heterocycles. The molecule has 102 valence electrons. The summed E-state index contributed by atoms with van der Waals surface area (Å²) in [5, 5.41) is 3.20. The van der Waals surface area contributed by atoms with Gasteiger partial charge in [0.05, 0.1) is 11.4 Å². The lowest BCUT2D eigenvalue weighted by molar-refractivity contribution is -0.146. The number of carbonyl (C=O) groups is 2. The lowest BCUT2D eigenvalue weighted by atomic mass is 10.0. The molecule has 1 atom stereocenters. The molecule has 7 heteroatoms. The van der Waals surface area contributed by atoms with E-state index >= 15 is 0 Å². The van der Waals surface area contributed by atoms with E-state index in [2.05, 4.69) is 15.3 Å². The number of hydrogen-bond acceptors (Lipinski definition) is 5. The predicted molar refractivity (Wildman–Crippen MR) is 70.9 cm³/mol. The monoisotopic (exact) mass is 282 g/mol. The first-order chi connectivity index (χ1) is 8.90. The summed E-state index contributed by atoms with van der Waals surface area (Å²) in [7, 11) is 1.48. The van der Waals surface area contributed by atoms with Crippen LogP contribution in [0.1, 0.15) is 24.2 Å². The van der Waals surface area contributed by atoms with Gasteiger partial charge in [-0.25, -0.2) is 9.97 Å². The van der Waals surface area contributed by atoms with Crippen LogP contribution in [0.2, 0.25) is 5.15 Å². The Balaban J connectivity index is 2.20. The highest BCUT2D eigenvalue weighted by Gasteiger charge is 2.32. The SMILES string of the molecule is Cc1nc(Cl)c(NC2CCC(=O)N(C)C2=O)nc1C. The third-order valence-corrected chi connectivity index (χ3v) is 3.49. The Morgan fingerprint density at radius 1 is 1.26 bits per heavy atom. The zero-order chi connectivity index (χ0) is 14.2. The number of aromatic nitrogens is 2. The van der Waals surface area contributed by atoms with Crippen molar-refractivity contribution in [2.24, 2.45) is 0 Å². The first-order valence-electron chi connectivity index (χ1n) is 5.98. The van der Waals surface area contributed by atoms with E-state index in [0.29, 0.717) is 18.7 Å². The van der Waals surface area contributed by atoms with E-state index in [1.54, 1.807) is 0 Å². The van der Waals surface area contributed by atoms with E-state index in [-0.39, 0.29) is 17.0 Å². The summed E-state index contributed by atoms with van der Waals surface area (Å²) in [5.74, 6) is -0.0569. The van der Waals surface area contributed by atoms with Gasteiger partial charge in [-0.2, -0.15) is 0 Å². The third-order valence-electron chi connectivity index (χ3n) is 3.22. The average molecular weight is 283 g/mol. The van der Waals surface area contributed by atoms with Crippen LogP contribution < -0.4 is 5.32 Å². The maximum absolute atomic E-state index is 12.0. The molecule has 1 fully saturated rings. The van der Waals surface area contributed by atoms with Gasteiger partial charge in [-0.1, -0.05) is 11.6 Å². The molecule has 2 amide bonds. The number of halogens is 1. The first-order valence-corrected chi connectivity index (χ1v) is 6.35. The van der Waals surface area contributed by atoms with Crippen LogP contribution in [0.5, 0.6) is 0 Å². The minimum Gasteiger partial charge on any atom is -0.356 e. The number of amides is 2. The molecular formula is C12H15ClN4O2. The highest BCUT2D eigenvalue weighted by atomic mass is 35.5. The van der Waals surface area contributed by atoms with Gasteiger partial charge >= 0.3 is 0 Å². The van der Waals surface area contributed by atoms with Crippen molar-refractivity contribution in [2.45, 2.75) is 32.7 Å². The van der Waals surface area contributed by atoms with Crippen LogP contribution in [0.25, 0.3) is 0 Å². The normalized spacial score (nSPS) is 19.8. The second kappa shape index (κ2) is 5.13. The molecule has 6 nitrogen and oxygen atoms in total. The summed E-state index contributed by atoms with van der Waals surface area (Å²) >= 11 is 6.01. The Labute approximate surface area is 116 Å². The summed E-state index contributed by atoms with van der Waals surface area (Å²) in [6.45, 7) is 3.64. The third kappa shape index (κ3) is 2.68. The van der Waals surface area contributed by atoms with Crippen molar-refractivity contribution in [3.05, 3.63) is 16.5 Å². The molecule has 0 spiro atoms. The number of anilines is 1. The lowest BCUT2D eigenvalue weighted by Gasteiger charge is -2.28. The summed E-state index contributed by atoms with van der Waals surface area (Å²) in [6.07, 6.45) is 0.767.